The Hall–Kier alpha value is -5.21. The number of aromatic nitrogens is 1. The topological polar surface area (TPSA) is 115 Å². The van der Waals surface area contributed by atoms with E-state index in [0.29, 0.717) is 83.7 Å². The Morgan fingerprint density at radius 2 is 1.82 bits per heavy atom. The molecule has 0 bridgehead atoms. The number of nitrogens with one attached hydrogen (secondary N) is 2. The van der Waals surface area contributed by atoms with E-state index in [9.17, 15) is 18.8 Å². The molecule has 1 aromatic heterocycles. The number of halogens is 2. The van der Waals surface area contributed by atoms with Gasteiger partial charge in [-0.25, -0.2) is 8.78 Å². The van der Waals surface area contributed by atoms with Crippen molar-refractivity contribution in [1.29, 1.82) is 5.26 Å². The molecular weight excluding hydrogens is 582 g/mol. The molecule has 0 fully saturated rings. The van der Waals surface area contributed by atoms with Gasteiger partial charge in [0, 0.05) is 61.7 Å². The molecule has 1 amide bonds. The van der Waals surface area contributed by atoms with Gasteiger partial charge in [-0.05, 0) is 41.0 Å². The van der Waals surface area contributed by atoms with Gasteiger partial charge in [0.15, 0.2) is 11.5 Å². The van der Waals surface area contributed by atoms with E-state index < -0.39 is 6.43 Å². The first-order valence-electron chi connectivity index (χ1n) is 14.4. The standard InChI is InChI=1S/C34H32F2N4O5/c1-22(41)40-10-9-38-19-26-5-7-28(15-31(26)45-20-24-13-23(16-37)17-39-18-24)44-21-27-3-2-4-29(33(27)34(35)36)25-6-8-30-32(14-25)43-12-11-42-30/h2-8,13-15,17-18,34,38H,9-12,19-21H2,1H3,(H,40,41). The van der Waals surface area contributed by atoms with Crippen molar-refractivity contribution < 1.29 is 32.5 Å². The van der Waals surface area contributed by atoms with Crippen molar-refractivity contribution in [2.75, 3.05) is 26.3 Å². The molecule has 4 aromatic rings. The van der Waals surface area contributed by atoms with Gasteiger partial charge in [0.1, 0.15) is 44.0 Å². The van der Waals surface area contributed by atoms with Crippen LogP contribution in [-0.4, -0.2) is 37.2 Å². The number of nitriles is 1. The summed E-state index contributed by atoms with van der Waals surface area (Å²) in [5, 5.41) is 15.2. The summed E-state index contributed by atoms with van der Waals surface area (Å²) < 4.78 is 52.4. The monoisotopic (exact) mass is 614 g/mol. The Morgan fingerprint density at radius 1 is 0.978 bits per heavy atom. The summed E-state index contributed by atoms with van der Waals surface area (Å²) >= 11 is 0. The van der Waals surface area contributed by atoms with Crippen molar-refractivity contribution in [1.82, 2.24) is 15.6 Å². The van der Waals surface area contributed by atoms with Crippen LogP contribution in [0, 0.1) is 11.3 Å². The highest BCUT2D eigenvalue weighted by Crippen LogP contribution is 2.39. The lowest BCUT2D eigenvalue weighted by Crippen LogP contribution is -2.30. The number of fused-ring (bicyclic) bond motifs is 1. The third-order valence-corrected chi connectivity index (χ3v) is 7.01. The van der Waals surface area contributed by atoms with Gasteiger partial charge in [-0.15, -0.1) is 0 Å². The van der Waals surface area contributed by atoms with Gasteiger partial charge >= 0.3 is 0 Å². The molecule has 5 rings (SSSR count). The maximum atomic E-state index is 14.5. The quantitative estimate of drug-likeness (QED) is 0.184. The van der Waals surface area contributed by atoms with Crippen LogP contribution >= 0.6 is 0 Å². The van der Waals surface area contributed by atoms with Gasteiger partial charge in [0.05, 0.1) is 5.56 Å². The van der Waals surface area contributed by atoms with Crippen LogP contribution < -0.4 is 29.6 Å². The molecule has 45 heavy (non-hydrogen) atoms. The van der Waals surface area contributed by atoms with Gasteiger partial charge in [-0.2, -0.15) is 5.26 Å². The van der Waals surface area contributed by atoms with Gasteiger partial charge in [-0.3, -0.25) is 9.78 Å². The van der Waals surface area contributed by atoms with Crippen LogP contribution in [0.4, 0.5) is 8.78 Å². The zero-order valence-corrected chi connectivity index (χ0v) is 24.6. The highest BCUT2D eigenvalue weighted by molar-refractivity contribution is 5.73. The van der Waals surface area contributed by atoms with Crippen molar-refractivity contribution in [3.8, 4) is 40.2 Å². The molecule has 2 heterocycles. The Kier molecular flexibility index (Phi) is 10.4. The van der Waals surface area contributed by atoms with Gasteiger partial charge in [0.2, 0.25) is 5.91 Å². The number of carbonyl (C=O) groups excluding carboxylic acids is 1. The molecule has 0 unspecified atom stereocenters. The van der Waals surface area contributed by atoms with Crippen molar-refractivity contribution in [2.24, 2.45) is 0 Å². The number of ether oxygens (including phenoxy) is 4. The molecule has 232 valence electrons. The van der Waals surface area contributed by atoms with Gasteiger partial charge in [-0.1, -0.05) is 30.3 Å². The second-order valence-corrected chi connectivity index (χ2v) is 10.2. The molecule has 9 nitrogen and oxygen atoms in total. The van der Waals surface area contributed by atoms with Crippen LogP contribution in [0.3, 0.4) is 0 Å². The zero-order valence-electron chi connectivity index (χ0n) is 24.6. The summed E-state index contributed by atoms with van der Waals surface area (Å²) in [5.41, 5.74) is 3.17. The van der Waals surface area contributed by atoms with Crippen LogP contribution in [-0.2, 0) is 24.6 Å². The van der Waals surface area contributed by atoms with Crippen LogP contribution in [0.5, 0.6) is 23.0 Å². The number of amides is 1. The molecule has 0 aliphatic carbocycles. The van der Waals surface area contributed by atoms with E-state index in [1.807, 2.05) is 6.07 Å². The lowest BCUT2D eigenvalue weighted by atomic mass is 9.95. The third-order valence-electron chi connectivity index (χ3n) is 7.01. The molecule has 3 aromatic carbocycles. The molecule has 1 aliphatic heterocycles. The Balaban J connectivity index is 1.35. The SMILES string of the molecule is CC(=O)NCCNCc1ccc(OCc2cccc(-c3ccc4c(c3)OCCO4)c2C(F)F)cc1OCc1cncc(C#N)c1. The van der Waals surface area contributed by atoms with E-state index in [1.54, 1.807) is 60.8 Å². The summed E-state index contributed by atoms with van der Waals surface area (Å²) in [7, 11) is 0. The van der Waals surface area contributed by atoms with Gasteiger partial charge in [0.25, 0.3) is 6.43 Å². The second-order valence-electron chi connectivity index (χ2n) is 10.2. The van der Waals surface area contributed by atoms with Crippen LogP contribution in [0.15, 0.2) is 73.1 Å². The molecule has 0 saturated carbocycles. The molecule has 0 atom stereocenters. The molecular formula is C34H32F2N4O5. The first-order valence-corrected chi connectivity index (χ1v) is 14.4. The number of pyridine rings is 1. The summed E-state index contributed by atoms with van der Waals surface area (Å²) in [5.74, 6) is 1.94. The number of hydrogen-bond acceptors (Lipinski definition) is 8. The van der Waals surface area contributed by atoms with Gasteiger partial charge < -0.3 is 29.6 Å². The Labute approximate surface area is 259 Å². The first kappa shape index (κ1) is 31.2. The fraction of sp³-hybridized carbons (Fsp3) is 0.265. The molecule has 1 aliphatic rings. The van der Waals surface area contributed by atoms with E-state index in [0.717, 1.165) is 5.56 Å². The van der Waals surface area contributed by atoms with Crippen molar-refractivity contribution in [3.63, 3.8) is 0 Å². The summed E-state index contributed by atoms with van der Waals surface area (Å²) in [6.07, 6.45) is 0.349. The average Bonchev–Trinajstić information content (AvgIpc) is 3.06. The van der Waals surface area contributed by atoms with Crippen molar-refractivity contribution >= 4 is 5.91 Å². The fourth-order valence-electron chi connectivity index (χ4n) is 4.86. The number of alkyl halides is 2. The van der Waals surface area contributed by atoms with E-state index in [2.05, 4.69) is 21.7 Å². The second kappa shape index (κ2) is 15.0. The number of nitrogens with zero attached hydrogens (tertiary/aromatic N) is 2. The minimum Gasteiger partial charge on any atom is -0.489 e. The van der Waals surface area contributed by atoms with E-state index in [-0.39, 0.29) is 24.7 Å². The summed E-state index contributed by atoms with van der Waals surface area (Å²) in [6.45, 7) is 3.80. The minimum absolute atomic E-state index is 0.0973. The average molecular weight is 615 g/mol. The maximum Gasteiger partial charge on any atom is 0.264 e. The lowest BCUT2D eigenvalue weighted by Gasteiger charge is -2.20. The first-order chi connectivity index (χ1) is 21.9. The predicted octanol–water partition coefficient (Wildman–Crippen LogP) is 5.71. The highest BCUT2D eigenvalue weighted by atomic mass is 19.3. The highest BCUT2D eigenvalue weighted by Gasteiger charge is 2.21. The van der Waals surface area contributed by atoms with Crippen LogP contribution in [0.1, 0.15) is 41.2 Å². The number of rotatable bonds is 13. The van der Waals surface area contributed by atoms with Crippen LogP contribution in [0.25, 0.3) is 11.1 Å². The molecule has 11 heteroatoms. The predicted molar refractivity (Wildman–Crippen MR) is 162 cm³/mol. The smallest absolute Gasteiger partial charge is 0.264 e. The van der Waals surface area contributed by atoms with Crippen molar-refractivity contribution in [3.05, 3.63) is 101 Å². The maximum absolute atomic E-state index is 14.5. The molecule has 0 saturated heterocycles. The zero-order chi connectivity index (χ0) is 31.6. The molecule has 2 N–H and O–H groups in total. The summed E-state index contributed by atoms with van der Waals surface area (Å²) in [6, 6.07) is 19.3. The van der Waals surface area contributed by atoms with E-state index in [1.165, 1.54) is 13.1 Å². The van der Waals surface area contributed by atoms with Crippen molar-refractivity contribution in [2.45, 2.75) is 33.1 Å². The number of benzene rings is 3. The lowest BCUT2D eigenvalue weighted by molar-refractivity contribution is -0.118. The van der Waals surface area contributed by atoms with Crippen LogP contribution in [0.2, 0.25) is 0 Å². The normalized spacial score (nSPS) is 12.0. The third kappa shape index (κ3) is 8.25. The molecule has 0 radical (unpaired) electrons. The minimum atomic E-state index is -2.74. The number of hydrogen-bond donors (Lipinski definition) is 2. The summed E-state index contributed by atoms with van der Waals surface area (Å²) in [4.78, 5) is 15.2. The Morgan fingerprint density at radius 3 is 2.62 bits per heavy atom. The van der Waals surface area contributed by atoms with E-state index in [4.69, 9.17) is 18.9 Å². The largest absolute Gasteiger partial charge is 0.489 e. The Bertz CT molecular complexity index is 1690. The number of carbonyl (C=O) groups is 1. The fourth-order valence-corrected chi connectivity index (χ4v) is 4.86. The van der Waals surface area contributed by atoms with E-state index >= 15 is 0 Å². The molecule has 0 spiro atoms.